The maximum atomic E-state index is 12.5. The summed E-state index contributed by atoms with van der Waals surface area (Å²) in [6.45, 7) is 3.14. The molecule has 2 fully saturated rings. The van der Waals surface area contributed by atoms with Crippen molar-refractivity contribution in [2.75, 3.05) is 18.8 Å². The summed E-state index contributed by atoms with van der Waals surface area (Å²) in [5.41, 5.74) is 0.0554. The Balaban J connectivity index is 1.94. The lowest BCUT2D eigenvalue weighted by molar-refractivity contribution is 0.177. The number of hydrogen-bond donors (Lipinski definition) is 0. The van der Waals surface area contributed by atoms with Gasteiger partial charge in [-0.1, -0.05) is 26.2 Å². The van der Waals surface area contributed by atoms with Gasteiger partial charge in [-0.25, -0.2) is 12.7 Å². The van der Waals surface area contributed by atoms with Gasteiger partial charge in [0.05, 0.1) is 5.75 Å². The Morgan fingerprint density at radius 1 is 1.32 bits per heavy atom. The molecule has 1 aromatic heterocycles. The van der Waals surface area contributed by atoms with Crippen LogP contribution in [0.15, 0.2) is 6.33 Å². The predicted octanol–water partition coefficient (Wildman–Crippen LogP) is 1.90. The third-order valence-corrected chi connectivity index (χ3v) is 7.37. The largest absolute Gasteiger partial charge is 0.320 e. The Labute approximate surface area is 133 Å². The smallest absolute Gasteiger partial charge is 0.214 e. The summed E-state index contributed by atoms with van der Waals surface area (Å²) < 4.78 is 28.8. The van der Waals surface area contributed by atoms with E-state index >= 15 is 0 Å². The van der Waals surface area contributed by atoms with Crippen LogP contribution >= 0.6 is 0 Å². The van der Waals surface area contributed by atoms with Gasteiger partial charge in [0.1, 0.15) is 12.2 Å². The zero-order chi connectivity index (χ0) is 15.8. The van der Waals surface area contributed by atoms with Gasteiger partial charge in [-0.2, -0.15) is 0 Å². The summed E-state index contributed by atoms with van der Waals surface area (Å²) in [5.74, 6) is 1.36. The van der Waals surface area contributed by atoms with Gasteiger partial charge in [-0.15, -0.1) is 10.2 Å². The molecule has 0 radical (unpaired) electrons. The maximum absolute atomic E-state index is 12.5. The van der Waals surface area contributed by atoms with Gasteiger partial charge in [0.2, 0.25) is 10.0 Å². The van der Waals surface area contributed by atoms with Crippen LogP contribution in [0.3, 0.4) is 0 Å². The monoisotopic (exact) mass is 326 g/mol. The SMILES string of the molecule is CCCS(=O)(=O)N1CC(c2nncn2C)C2(CCCCC2)C1. The van der Waals surface area contributed by atoms with Crippen LogP contribution in [0.5, 0.6) is 0 Å². The summed E-state index contributed by atoms with van der Waals surface area (Å²) in [6, 6.07) is 0. The molecule has 1 aliphatic carbocycles. The van der Waals surface area contributed by atoms with Gasteiger partial charge in [0.15, 0.2) is 0 Å². The molecule has 1 unspecified atom stereocenters. The highest BCUT2D eigenvalue weighted by molar-refractivity contribution is 7.89. The van der Waals surface area contributed by atoms with Crippen molar-refractivity contribution in [1.29, 1.82) is 0 Å². The molecule has 1 saturated heterocycles. The van der Waals surface area contributed by atoms with E-state index in [1.165, 1.54) is 19.3 Å². The quantitative estimate of drug-likeness (QED) is 0.847. The van der Waals surface area contributed by atoms with Gasteiger partial charge < -0.3 is 4.57 Å². The Morgan fingerprint density at radius 2 is 2.05 bits per heavy atom. The highest BCUT2D eigenvalue weighted by atomic mass is 32.2. The first kappa shape index (κ1) is 15.9. The van der Waals surface area contributed by atoms with Gasteiger partial charge in [0.25, 0.3) is 0 Å². The molecule has 3 rings (SSSR count). The third kappa shape index (κ3) is 2.69. The van der Waals surface area contributed by atoms with Gasteiger partial charge >= 0.3 is 0 Å². The van der Waals surface area contributed by atoms with Gasteiger partial charge in [-0.05, 0) is 24.7 Å². The molecule has 22 heavy (non-hydrogen) atoms. The highest BCUT2D eigenvalue weighted by Crippen LogP contribution is 2.52. The first-order valence-corrected chi connectivity index (χ1v) is 9.91. The van der Waals surface area contributed by atoms with Crippen molar-refractivity contribution in [3.05, 3.63) is 12.2 Å². The lowest BCUT2D eigenvalue weighted by Crippen LogP contribution is -2.35. The van der Waals surface area contributed by atoms with E-state index in [9.17, 15) is 8.42 Å². The summed E-state index contributed by atoms with van der Waals surface area (Å²) in [7, 11) is -1.19. The molecule has 1 aromatic rings. The predicted molar refractivity (Wildman–Crippen MR) is 84.9 cm³/mol. The third-order valence-electron chi connectivity index (χ3n) is 5.38. The van der Waals surface area contributed by atoms with Crippen molar-refractivity contribution in [3.8, 4) is 0 Å². The molecule has 124 valence electrons. The normalized spacial score (nSPS) is 25.8. The van der Waals surface area contributed by atoms with Crippen molar-refractivity contribution in [1.82, 2.24) is 19.1 Å². The lowest BCUT2D eigenvalue weighted by Gasteiger charge is -2.37. The average molecular weight is 326 g/mol. The van der Waals surface area contributed by atoms with Crippen LogP contribution in [-0.2, 0) is 17.1 Å². The molecule has 2 aliphatic rings. The first-order valence-electron chi connectivity index (χ1n) is 8.30. The van der Waals surface area contributed by atoms with Crippen LogP contribution in [-0.4, -0.2) is 46.3 Å². The molecule has 0 N–H and O–H groups in total. The van der Waals surface area contributed by atoms with Gasteiger partial charge in [0, 0.05) is 26.1 Å². The van der Waals surface area contributed by atoms with Crippen LogP contribution in [0, 0.1) is 5.41 Å². The number of nitrogens with zero attached hydrogens (tertiary/aromatic N) is 4. The molecule has 2 heterocycles. The molecule has 1 saturated carbocycles. The highest BCUT2D eigenvalue weighted by Gasteiger charge is 2.51. The maximum Gasteiger partial charge on any atom is 0.214 e. The number of aryl methyl sites for hydroxylation is 1. The van der Waals surface area contributed by atoms with Crippen molar-refractivity contribution < 1.29 is 8.42 Å². The van der Waals surface area contributed by atoms with E-state index in [-0.39, 0.29) is 17.1 Å². The summed E-state index contributed by atoms with van der Waals surface area (Å²) >= 11 is 0. The van der Waals surface area contributed by atoms with Crippen LogP contribution in [0.1, 0.15) is 57.2 Å². The molecule has 6 nitrogen and oxygen atoms in total. The van der Waals surface area contributed by atoms with E-state index in [4.69, 9.17) is 0 Å². The number of aromatic nitrogens is 3. The zero-order valence-electron chi connectivity index (χ0n) is 13.5. The summed E-state index contributed by atoms with van der Waals surface area (Å²) in [4.78, 5) is 0. The van der Waals surface area contributed by atoms with E-state index in [0.717, 1.165) is 18.7 Å². The van der Waals surface area contributed by atoms with E-state index in [1.807, 2.05) is 18.5 Å². The standard InChI is InChI=1S/C15H26N4O2S/c1-3-9-22(20,21)19-10-13(14-17-16-12-18(14)2)15(11-19)7-5-4-6-8-15/h12-13H,3-11H2,1-2H3. The van der Waals surface area contributed by atoms with Crippen molar-refractivity contribution in [2.24, 2.45) is 12.5 Å². The van der Waals surface area contributed by atoms with Crippen molar-refractivity contribution in [2.45, 2.75) is 51.4 Å². The van der Waals surface area contributed by atoms with Crippen molar-refractivity contribution in [3.63, 3.8) is 0 Å². The summed E-state index contributed by atoms with van der Waals surface area (Å²) in [5, 5.41) is 8.31. The number of rotatable bonds is 4. The van der Waals surface area contributed by atoms with E-state index < -0.39 is 10.0 Å². The number of sulfonamides is 1. The van der Waals surface area contributed by atoms with Crippen LogP contribution in [0.2, 0.25) is 0 Å². The van der Waals surface area contributed by atoms with E-state index in [0.29, 0.717) is 19.5 Å². The second kappa shape index (κ2) is 5.92. The Kier molecular flexibility index (Phi) is 4.29. The fraction of sp³-hybridized carbons (Fsp3) is 0.867. The molecular formula is C15H26N4O2S. The van der Waals surface area contributed by atoms with E-state index in [1.54, 1.807) is 10.6 Å². The van der Waals surface area contributed by atoms with Crippen LogP contribution < -0.4 is 0 Å². The Bertz CT molecular complexity index is 619. The topological polar surface area (TPSA) is 68.1 Å². The van der Waals surface area contributed by atoms with Gasteiger partial charge in [-0.3, -0.25) is 0 Å². The minimum Gasteiger partial charge on any atom is -0.320 e. The molecule has 1 spiro atoms. The number of hydrogen-bond acceptors (Lipinski definition) is 4. The molecule has 0 amide bonds. The second-order valence-corrected chi connectivity index (χ2v) is 8.97. The molecule has 1 atom stereocenters. The second-order valence-electron chi connectivity index (χ2n) is 6.88. The zero-order valence-corrected chi connectivity index (χ0v) is 14.3. The Morgan fingerprint density at radius 3 is 2.64 bits per heavy atom. The lowest BCUT2D eigenvalue weighted by atomic mass is 9.67. The fourth-order valence-corrected chi connectivity index (χ4v) is 5.85. The van der Waals surface area contributed by atoms with Crippen LogP contribution in [0.4, 0.5) is 0 Å². The molecule has 7 heteroatoms. The molecule has 0 bridgehead atoms. The minimum absolute atomic E-state index is 0.0554. The van der Waals surface area contributed by atoms with Crippen LogP contribution in [0.25, 0.3) is 0 Å². The molecular weight excluding hydrogens is 300 g/mol. The Hall–Kier alpha value is -0.950. The van der Waals surface area contributed by atoms with Crippen molar-refractivity contribution >= 4 is 10.0 Å². The molecule has 1 aliphatic heterocycles. The average Bonchev–Trinajstić information content (AvgIpc) is 3.04. The molecule has 0 aromatic carbocycles. The summed E-state index contributed by atoms with van der Waals surface area (Å²) in [6.07, 6.45) is 8.22. The van der Waals surface area contributed by atoms with E-state index in [2.05, 4.69) is 10.2 Å². The fourth-order valence-electron chi connectivity index (χ4n) is 4.25. The minimum atomic E-state index is -3.15. The first-order chi connectivity index (χ1) is 10.5.